The van der Waals surface area contributed by atoms with Crippen LogP contribution < -0.4 is 11.2 Å². The molecule has 2 saturated heterocycles. The van der Waals surface area contributed by atoms with Gasteiger partial charge in [-0.1, -0.05) is 23.7 Å². The maximum atomic E-state index is 12.5. The van der Waals surface area contributed by atoms with Gasteiger partial charge >= 0.3 is 5.69 Å². The quantitative estimate of drug-likeness (QED) is 0.659. The number of fused-ring (bicyclic) bond motifs is 1. The number of aromatic amines is 1. The summed E-state index contributed by atoms with van der Waals surface area (Å²) in [4.78, 5) is 27.1. The monoisotopic (exact) mass is 424 g/mol. The van der Waals surface area contributed by atoms with Crippen molar-refractivity contribution in [3.63, 3.8) is 0 Å². The van der Waals surface area contributed by atoms with Gasteiger partial charge in [0.15, 0.2) is 12.0 Å². The Labute approximate surface area is 170 Å². The van der Waals surface area contributed by atoms with Gasteiger partial charge in [-0.3, -0.25) is 14.3 Å². The van der Waals surface area contributed by atoms with Gasteiger partial charge in [0, 0.05) is 11.2 Å². The van der Waals surface area contributed by atoms with Crippen LogP contribution in [0.25, 0.3) is 0 Å². The van der Waals surface area contributed by atoms with Crippen LogP contribution in [0.2, 0.25) is 5.02 Å². The van der Waals surface area contributed by atoms with Crippen LogP contribution in [0, 0.1) is 0 Å². The molecule has 1 aromatic carbocycles. The smallest absolute Gasteiger partial charge is 0.330 e. The van der Waals surface area contributed by atoms with E-state index < -0.39 is 47.7 Å². The zero-order valence-electron chi connectivity index (χ0n) is 15.7. The molecule has 0 spiro atoms. The van der Waals surface area contributed by atoms with Crippen LogP contribution in [-0.4, -0.2) is 50.5 Å². The Kier molecular flexibility index (Phi) is 5.14. The highest BCUT2D eigenvalue weighted by Crippen LogP contribution is 2.42. The number of hydrogen-bond acceptors (Lipinski definition) is 7. The van der Waals surface area contributed by atoms with E-state index in [0.717, 1.165) is 4.57 Å². The van der Waals surface area contributed by atoms with Crippen LogP contribution in [0.15, 0.2) is 40.1 Å². The third-order valence-corrected chi connectivity index (χ3v) is 5.31. The second-order valence-electron chi connectivity index (χ2n) is 7.52. The number of benzene rings is 1. The SMILES string of the molecule is CC1(C)O[C@@H]2[C@H](O1)[C@@H](CO)O[C@H]2n1cc(C(O)c2ccc(Cl)cc2)c(=O)[nH]c1=O. The van der Waals surface area contributed by atoms with E-state index in [2.05, 4.69) is 4.98 Å². The molecule has 9 nitrogen and oxygen atoms in total. The van der Waals surface area contributed by atoms with E-state index in [0.29, 0.717) is 10.6 Å². The van der Waals surface area contributed by atoms with Gasteiger partial charge in [0.25, 0.3) is 5.56 Å². The van der Waals surface area contributed by atoms with Crippen LogP contribution in [0.4, 0.5) is 0 Å². The Morgan fingerprint density at radius 2 is 1.86 bits per heavy atom. The fourth-order valence-electron chi connectivity index (χ4n) is 3.74. The molecule has 3 N–H and O–H groups in total. The molecule has 0 amide bonds. The molecule has 2 fully saturated rings. The third-order valence-electron chi connectivity index (χ3n) is 5.06. The van der Waals surface area contributed by atoms with Crippen molar-refractivity contribution >= 4 is 11.6 Å². The molecule has 0 aliphatic carbocycles. The molecular weight excluding hydrogens is 404 g/mol. The minimum absolute atomic E-state index is 0.0438. The number of aliphatic hydroxyl groups excluding tert-OH is 2. The number of H-pyrrole nitrogens is 1. The van der Waals surface area contributed by atoms with E-state index in [-0.39, 0.29) is 12.2 Å². The van der Waals surface area contributed by atoms with Crippen molar-refractivity contribution in [1.82, 2.24) is 9.55 Å². The highest BCUT2D eigenvalue weighted by atomic mass is 35.5. The summed E-state index contributed by atoms with van der Waals surface area (Å²) in [7, 11) is 0. The molecule has 156 valence electrons. The second kappa shape index (κ2) is 7.35. The van der Waals surface area contributed by atoms with Crippen LogP contribution in [0.5, 0.6) is 0 Å². The van der Waals surface area contributed by atoms with Gasteiger partial charge in [-0.15, -0.1) is 0 Å². The number of aliphatic hydroxyl groups is 2. The van der Waals surface area contributed by atoms with Crippen molar-refractivity contribution in [2.45, 2.75) is 50.3 Å². The summed E-state index contributed by atoms with van der Waals surface area (Å²) in [6, 6.07) is 6.35. The summed E-state index contributed by atoms with van der Waals surface area (Å²) in [5.74, 6) is -0.914. The zero-order chi connectivity index (χ0) is 20.9. The maximum absolute atomic E-state index is 12.5. The summed E-state index contributed by atoms with van der Waals surface area (Å²) in [6.07, 6.45) is -2.94. The number of halogens is 1. The molecule has 1 unspecified atom stereocenters. The Hall–Kier alpha value is -2.01. The summed E-state index contributed by atoms with van der Waals surface area (Å²) in [5, 5.41) is 20.8. The fourth-order valence-corrected chi connectivity index (χ4v) is 3.87. The number of aromatic nitrogens is 2. The average molecular weight is 425 g/mol. The molecule has 4 rings (SSSR count). The summed E-state index contributed by atoms with van der Waals surface area (Å²) >= 11 is 5.87. The van der Waals surface area contributed by atoms with Crippen molar-refractivity contribution in [2.24, 2.45) is 0 Å². The van der Waals surface area contributed by atoms with E-state index in [4.69, 9.17) is 25.8 Å². The van der Waals surface area contributed by atoms with Crippen LogP contribution in [0.3, 0.4) is 0 Å². The topological polar surface area (TPSA) is 123 Å². The van der Waals surface area contributed by atoms with Crippen LogP contribution >= 0.6 is 11.6 Å². The molecule has 1 aromatic heterocycles. The van der Waals surface area contributed by atoms with E-state index >= 15 is 0 Å². The maximum Gasteiger partial charge on any atom is 0.330 e. The highest BCUT2D eigenvalue weighted by Gasteiger charge is 2.56. The predicted octanol–water partition coefficient (Wildman–Crippen LogP) is 0.681. The molecule has 3 heterocycles. The lowest BCUT2D eigenvalue weighted by molar-refractivity contribution is -0.200. The van der Waals surface area contributed by atoms with Crippen molar-refractivity contribution < 1.29 is 24.4 Å². The highest BCUT2D eigenvalue weighted by molar-refractivity contribution is 6.30. The number of ether oxygens (including phenoxy) is 3. The van der Waals surface area contributed by atoms with Gasteiger partial charge in [-0.2, -0.15) is 0 Å². The summed E-state index contributed by atoms with van der Waals surface area (Å²) in [5.41, 5.74) is -1.05. The molecule has 10 heteroatoms. The molecule has 0 saturated carbocycles. The molecular formula is C19H21ClN2O7. The lowest BCUT2D eigenvalue weighted by atomic mass is 10.0. The molecule has 5 atom stereocenters. The van der Waals surface area contributed by atoms with Gasteiger partial charge in [0.05, 0.1) is 12.2 Å². The Morgan fingerprint density at radius 3 is 2.52 bits per heavy atom. The van der Waals surface area contributed by atoms with Crippen LogP contribution in [-0.2, 0) is 14.2 Å². The van der Waals surface area contributed by atoms with E-state index in [9.17, 15) is 19.8 Å². The number of rotatable bonds is 4. The Balaban J connectivity index is 1.73. The fraction of sp³-hybridized carbons (Fsp3) is 0.474. The molecule has 2 aromatic rings. The minimum atomic E-state index is -1.29. The van der Waals surface area contributed by atoms with E-state index in [1.165, 1.54) is 6.20 Å². The van der Waals surface area contributed by atoms with E-state index in [1.807, 2.05) is 0 Å². The predicted molar refractivity (Wildman–Crippen MR) is 102 cm³/mol. The third kappa shape index (κ3) is 3.65. The van der Waals surface area contributed by atoms with Crippen molar-refractivity contribution in [2.75, 3.05) is 6.61 Å². The second-order valence-corrected chi connectivity index (χ2v) is 7.95. The molecule has 2 aliphatic rings. The van der Waals surface area contributed by atoms with Gasteiger partial charge < -0.3 is 24.4 Å². The van der Waals surface area contributed by atoms with Crippen molar-refractivity contribution in [1.29, 1.82) is 0 Å². The Morgan fingerprint density at radius 1 is 1.21 bits per heavy atom. The van der Waals surface area contributed by atoms with Crippen molar-refractivity contribution in [3.05, 3.63) is 67.4 Å². The van der Waals surface area contributed by atoms with Gasteiger partial charge in [-0.05, 0) is 31.5 Å². The lowest BCUT2D eigenvalue weighted by Gasteiger charge is -2.24. The van der Waals surface area contributed by atoms with Gasteiger partial charge in [0.2, 0.25) is 0 Å². The van der Waals surface area contributed by atoms with Crippen molar-refractivity contribution in [3.8, 4) is 0 Å². The zero-order valence-corrected chi connectivity index (χ0v) is 16.5. The van der Waals surface area contributed by atoms with Gasteiger partial charge in [-0.25, -0.2) is 4.79 Å². The summed E-state index contributed by atoms with van der Waals surface area (Å²) in [6.45, 7) is 3.12. The van der Waals surface area contributed by atoms with Crippen LogP contribution in [0.1, 0.15) is 37.3 Å². The molecule has 2 aliphatic heterocycles. The lowest BCUT2D eigenvalue weighted by Crippen LogP contribution is -2.39. The minimum Gasteiger partial charge on any atom is -0.394 e. The number of hydrogen-bond donors (Lipinski definition) is 3. The normalized spacial score (nSPS) is 29.0. The number of nitrogens with one attached hydrogen (secondary N) is 1. The number of nitrogens with zero attached hydrogens (tertiary/aromatic N) is 1. The average Bonchev–Trinajstić information content (AvgIpc) is 3.15. The molecule has 0 bridgehead atoms. The first-order valence-electron chi connectivity index (χ1n) is 9.11. The first-order valence-corrected chi connectivity index (χ1v) is 9.49. The standard InChI is InChI=1S/C19H21ClN2O7/c1-19(2)28-14-12(8-23)27-17(15(14)29-19)22-7-11(16(25)21-18(22)26)13(24)9-3-5-10(20)6-4-9/h3-7,12-15,17,23-24H,8H2,1-2H3,(H,21,25,26)/t12-,13?,14-,15-,17-/m1/s1. The molecule has 29 heavy (non-hydrogen) atoms. The Bertz CT molecular complexity index is 1020. The largest absolute Gasteiger partial charge is 0.394 e. The first kappa shape index (κ1) is 20.3. The van der Waals surface area contributed by atoms with Gasteiger partial charge in [0.1, 0.15) is 24.4 Å². The first-order chi connectivity index (χ1) is 13.7. The summed E-state index contributed by atoms with van der Waals surface area (Å²) < 4.78 is 18.6. The molecule has 0 radical (unpaired) electrons. The van der Waals surface area contributed by atoms with E-state index in [1.54, 1.807) is 38.1 Å².